The summed E-state index contributed by atoms with van der Waals surface area (Å²) in [5.74, 6) is 0. The van der Waals surface area contributed by atoms with E-state index in [9.17, 15) is 18.7 Å². The maximum Gasteiger partial charge on any atom is 0.737 e. The molecule has 0 radical (unpaired) electrons. The molecule has 3 heterocycles. The zero-order valence-corrected chi connectivity index (χ0v) is 13.7. The van der Waals surface area contributed by atoms with Gasteiger partial charge in [-0.15, -0.1) is 0 Å². The van der Waals surface area contributed by atoms with Gasteiger partial charge in [0, 0.05) is 40.0 Å². The lowest BCUT2D eigenvalue weighted by Crippen LogP contribution is -2.49. The molecule has 5 nitrogen and oxygen atoms in total. The minimum absolute atomic E-state index is 0.0673. The molecule has 4 rings (SSSR count). The van der Waals surface area contributed by atoms with Gasteiger partial charge in [-0.3, -0.25) is 10.1 Å². The minimum Gasteiger partial charge on any atom is -0.396 e. The third kappa shape index (κ3) is 1.94. The van der Waals surface area contributed by atoms with Crippen molar-refractivity contribution in [2.45, 2.75) is 0 Å². The molecule has 9 heteroatoms. The molecule has 24 heavy (non-hydrogen) atoms. The molecule has 0 fully saturated rings. The van der Waals surface area contributed by atoms with E-state index in [1.165, 1.54) is 24.5 Å². The van der Waals surface area contributed by atoms with Gasteiger partial charge >= 0.3 is 6.97 Å². The first-order valence-corrected chi connectivity index (χ1v) is 7.89. The van der Waals surface area contributed by atoms with E-state index in [-0.39, 0.29) is 5.69 Å². The summed E-state index contributed by atoms with van der Waals surface area (Å²) in [6.45, 7) is -3.95. The molecular formula is C15H9BBrF2N3O2. The smallest absolute Gasteiger partial charge is 0.396 e. The fourth-order valence-electron chi connectivity index (χ4n) is 3.11. The van der Waals surface area contributed by atoms with E-state index >= 15 is 0 Å². The molecule has 0 unspecified atom stereocenters. The van der Waals surface area contributed by atoms with Crippen LogP contribution in [0.15, 0.2) is 58.9 Å². The summed E-state index contributed by atoms with van der Waals surface area (Å²) in [6, 6.07) is 7.50. The highest BCUT2D eigenvalue weighted by atomic mass is 79.9. The van der Waals surface area contributed by atoms with Gasteiger partial charge in [-0.25, -0.2) is 0 Å². The predicted octanol–water partition coefficient (Wildman–Crippen LogP) is 3.81. The number of halogens is 3. The molecule has 2 aliphatic rings. The molecule has 0 aliphatic carbocycles. The summed E-state index contributed by atoms with van der Waals surface area (Å²) >= 11 is 3.33. The molecule has 0 saturated heterocycles. The van der Waals surface area contributed by atoms with Crippen molar-refractivity contribution in [2.24, 2.45) is 0 Å². The van der Waals surface area contributed by atoms with Crippen LogP contribution in [-0.2, 0) is 0 Å². The first kappa shape index (κ1) is 15.0. The first-order valence-electron chi connectivity index (χ1n) is 7.09. The van der Waals surface area contributed by atoms with Gasteiger partial charge < -0.3 is 17.6 Å². The van der Waals surface area contributed by atoms with Crippen LogP contribution in [0, 0.1) is 10.1 Å². The summed E-state index contributed by atoms with van der Waals surface area (Å²) in [5, 5.41) is 10.9. The molecule has 0 bridgehead atoms. The van der Waals surface area contributed by atoms with Gasteiger partial charge in [-0.1, -0.05) is 0 Å². The molecule has 1 aromatic heterocycles. The van der Waals surface area contributed by atoms with Gasteiger partial charge in [0.05, 0.1) is 10.5 Å². The highest BCUT2D eigenvalue weighted by Crippen LogP contribution is 2.41. The Morgan fingerprint density at radius 1 is 1.29 bits per heavy atom. The molecule has 0 atom stereocenters. The van der Waals surface area contributed by atoms with Crippen LogP contribution in [0.2, 0.25) is 0 Å². The van der Waals surface area contributed by atoms with Crippen molar-refractivity contribution in [3.05, 3.63) is 80.2 Å². The lowest BCUT2D eigenvalue weighted by molar-refractivity contribution is -0.384. The number of nitro benzene ring substituents is 1. The Morgan fingerprint density at radius 3 is 2.79 bits per heavy atom. The zero-order valence-electron chi connectivity index (χ0n) is 12.1. The molecule has 0 spiro atoms. The number of nitro groups is 1. The number of rotatable bonds is 2. The second-order valence-electron chi connectivity index (χ2n) is 5.49. The maximum absolute atomic E-state index is 14.7. The molecule has 2 aliphatic heterocycles. The number of benzene rings is 1. The van der Waals surface area contributed by atoms with Crippen LogP contribution in [-0.4, -0.2) is 27.1 Å². The largest absolute Gasteiger partial charge is 0.737 e. The van der Waals surface area contributed by atoms with Crippen LogP contribution in [0.5, 0.6) is 0 Å². The zero-order chi connectivity index (χ0) is 17.1. The maximum atomic E-state index is 14.7. The third-order valence-corrected chi connectivity index (χ3v) is 4.83. The van der Waals surface area contributed by atoms with Gasteiger partial charge in [-0.05, 0) is 40.3 Å². The molecule has 1 aromatic carbocycles. The summed E-state index contributed by atoms with van der Waals surface area (Å²) in [7, 11) is 0. The number of hydrogen-bond acceptors (Lipinski definition) is 2. The van der Waals surface area contributed by atoms with Crippen LogP contribution in [0.3, 0.4) is 0 Å². The predicted molar refractivity (Wildman–Crippen MR) is 90.1 cm³/mol. The normalized spacial score (nSPS) is 17.5. The Bertz CT molecular complexity index is 994. The number of nitrogens with zero attached hydrogens (tertiary/aromatic N) is 3. The lowest BCUT2D eigenvalue weighted by atomic mass is 9.86. The topological polar surface area (TPSA) is 51.1 Å². The fourth-order valence-corrected chi connectivity index (χ4v) is 3.68. The average Bonchev–Trinajstić information content (AvgIpc) is 3.18. The summed E-state index contributed by atoms with van der Waals surface area (Å²) in [4.78, 5) is 10.4. The number of non-ortho nitro benzene ring substituents is 1. The Kier molecular flexibility index (Phi) is 3.11. The monoisotopic (exact) mass is 391 g/mol. The molecule has 2 aromatic rings. The van der Waals surface area contributed by atoms with Crippen LogP contribution in [0.4, 0.5) is 14.3 Å². The number of aromatic nitrogens is 1. The van der Waals surface area contributed by atoms with Gasteiger partial charge in [0.15, 0.2) is 5.70 Å². The van der Waals surface area contributed by atoms with E-state index in [1.807, 2.05) is 0 Å². The van der Waals surface area contributed by atoms with Crippen molar-refractivity contribution < 1.29 is 18.0 Å². The van der Waals surface area contributed by atoms with E-state index in [1.54, 1.807) is 30.4 Å². The number of fused-ring (bicyclic) bond motifs is 2. The van der Waals surface area contributed by atoms with Gasteiger partial charge in [0.2, 0.25) is 0 Å². The molecule has 0 amide bonds. The summed E-state index contributed by atoms with van der Waals surface area (Å²) in [5.41, 5.74) is 1.90. The van der Waals surface area contributed by atoms with Crippen molar-refractivity contribution >= 4 is 40.4 Å². The standard InChI is InChI=1S/C15H9BBrF2N3O2/c17-12-9-10(22(23)24)5-6-11(12)15-13-3-1-7-20(13)16(18,19)21-8-2-4-14(15)21/h1-9H. The molecule has 0 saturated carbocycles. The van der Waals surface area contributed by atoms with Gasteiger partial charge in [0.25, 0.3) is 5.69 Å². The minimum atomic E-state index is -3.95. The first-order chi connectivity index (χ1) is 11.4. The fraction of sp³-hybridized carbons (Fsp3) is 0. The second kappa shape index (κ2) is 4.97. The van der Waals surface area contributed by atoms with E-state index in [2.05, 4.69) is 15.9 Å². The number of hydrogen-bond donors (Lipinski definition) is 0. The van der Waals surface area contributed by atoms with Crippen molar-refractivity contribution in [3.8, 4) is 0 Å². The summed E-state index contributed by atoms with van der Waals surface area (Å²) < 4.78 is 31.8. The van der Waals surface area contributed by atoms with Gasteiger partial charge in [-0.2, -0.15) is 0 Å². The van der Waals surface area contributed by atoms with Crippen LogP contribution >= 0.6 is 15.9 Å². The molecule has 120 valence electrons. The SMILES string of the molecule is O=[N+]([O-])c1ccc(C2=C3C=CC=[N+]3[B-](F)(F)n3cccc32)c(Br)c1. The Morgan fingerprint density at radius 2 is 2.08 bits per heavy atom. The number of allylic oxidation sites excluding steroid dienone is 2. The highest BCUT2D eigenvalue weighted by molar-refractivity contribution is 9.10. The van der Waals surface area contributed by atoms with Crippen LogP contribution in [0.1, 0.15) is 11.3 Å². The highest BCUT2D eigenvalue weighted by Gasteiger charge is 2.51. The third-order valence-electron chi connectivity index (χ3n) is 4.17. The van der Waals surface area contributed by atoms with E-state index in [0.717, 1.165) is 8.96 Å². The van der Waals surface area contributed by atoms with Crippen molar-refractivity contribution in [1.29, 1.82) is 0 Å². The van der Waals surface area contributed by atoms with E-state index in [0.29, 0.717) is 27.0 Å². The summed E-state index contributed by atoms with van der Waals surface area (Å²) in [6.07, 6.45) is 5.88. The molecular weight excluding hydrogens is 383 g/mol. The van der Waals surface area contributed by atoms with Crippen molar-refractivity contribution in [1.82, 2.24) is 4.48 Å². The average molecular weight is 392 g/mol. The van der Waals surface area contributed by atoms with Gasteiger partial charge in [0.1, 0.15) is 6.21 Å². The quantitative estimate of drug-likeness (QED) is 0.444. The van der Waals surface area contributed by atoms with Crippen molar-refractivity contribution in [2.75, 3.05) is 0 Å². The lowest BCUT2D eigenvalue weighted by Gasteiger charge is -2.31. The molecule has 0 N–H and O–H groups in total. The van der Waals surface area contributed by atoms with Crippen molar-refractivity contribution in [3.63, 3.8) is 0 Å². The Hall–Kier alpha value is -2.55. The van der Waals surface area contributed by atoms with E-state index in [4.69, 9.17) is 0 Å². The Balaban J connectivity index is 2.00. The van der Waals surface area contributed by atoms with Crippen LogP contribution in [0.25, 0.3) is 5.57 Å². The van der Waals surface area contributed by atoms with E-state index < -0.39 is 11.9 Å². The van der Waals surface area contributed by atoms with Crippen LogP contribution < -0.4 is 0 Å². The second-order valence-corrected chi connectivity index (χ2v) is 6.34. The Labute approximate surface area is 143 Å².